The van der Waals surface area contributed by atoms with E-state index in [2.05, 4.69) is 0 Å². The summed E-state index contributed by atoms with van der Waals surface area (Å²) in [6.07, 6.45) is -0.208. The van der Waals surface area contributed by atoms with Gasteiger partial charge < -0.3 is 14.6 Å². The summed E-state index contributed by atoms with van der Waals surface area (Å²) in [6, 6.07) is 0. The topological polar surface area (TPSA) is 127 Å². The smallest absolute Gasteiger partial charge is 0.420 e. The summed E-state index contributed by atoms with van der Waals surface area (Å²) in [5.41, 5.74) is -0.214. The van der Waals surface area contributed by atoms with Gasteiger partial charge in [-0.2, -0.15) is 0 Å². The molecule has 0 aromatic heterocycles. The van der Waals surface area contributed by atoms with Gasteiger partial charge >= 0.3 is 18.0 Å². The molecular weight excluding hydrogens is 390 g/mol. The van der Waals surface area contributed by atoms with Crippen molar-refractivity contribution in [2.45, 2.75) is 45.8 Å². The van der Waals surface area contributed by atoms with Gasteiger partial charge in [0, 0.05) is 18.2 Å². The number of nitrogens with zero attached hydrogens (tertiary/aromatic N) is 1. The van der Waals surface area contributed by atoms with Crippen molar-refractivity contribution in [3.05, 3.63) is 11.3 Å². The maximum atomic E-state index is 12.6. The Balaban J connectivity index is 3.56. The van der Waals surface area contributed by atoms with Gasteiger partial charge in [0.1, 0.15) is 0 Å². The van der Waals surface area contributed by atoms with Crippen molar-refractivity contribution in [2.24, 2.45) is 5.92 Å². The number of esters is 1. The van der Waals surface area contributed by atoms with Gasteiger partial charge in [-0.3, -0.25) is 14.4 Å². The van der Waals surface area contributed by atoms with E-state index in [9.17, 15) is 29.1 Å². The van der Waals surface area contributed by atoms with Crippen LogP contribution in [0.25, 0.3) is 0 Å². The lowest BCUT2D eigenvalue weighted by molar-refractivity contribution is -0.151. The molecule has 9 nitrogen and oxygen atoms in total. The number of carboxylic acid groups (broad SMARTS) is 1. The maximum absolute atomic E-state index is 12.6. The molecule has 1 aliphatic heterocycles. The number of thioether (sulfide) groups is 1. The van der Waals surface area contributed by atoms with Crippen LogP contribution in [0.3, 0.4) is 0 Å². The Hall–Kier alpha value is -2.36. The highest BCUT2D eigenvalue weighted by Gasteiger charge is 2.45. The van der Waals surface area contributed by atoms with E-state index in [1.54, 1.807) is 13.8 Å². The lowest BCUT2D eigenvalue weighted by Crippen LogP contribution is -2.42. The molecule has 1 N–H and O–H groups in total. The van der Waals surface area contributed by atoms with Crippen LogP contribution < -0.4 is 0 Å². The van der Waals surface area contributed by atoms with E-state index in [4.69, 9.17) is 9.47 Å². The average molecular weight is 415 g/mol. The number of carbonyl (C=O) groups is 5. The number of amides is 2. The second kappa shape index (κ2) is 10.8. The number of hydrogen-bond donors (Lipinski definition) is 1. The highest BCUT2D eigenvalue weighted by atomic mass is 32.2. The molecule has 156 valence electrons. The van der Waals surface area contributed by atoms with Crippen LogP contribution in [-0.2, 0) is 28.7 Å². The second-order valence-electron chi connectivity index (χ2n) is 5.93. The van der Waals surface area contributed by atoms with Crippen LogP contribution in [-0.4, -0.2) is 63.9 Å². The van der Waals surface area contributed by atoms with Gasteiger partial charge in [0.15, 0.2) is 0 Å². The molecule has 0 aromatic carbocycles. The molecule has 10 heteroatoms. The highest BCUT2D eigenvalue weighted by Crippen LogP contribution is 2.41. The summed E-state index contributed by atoms with van der Waals surface area (Å²) < 4.78 is 9.65. The summed E-state index contributed by atoms with van der Waals surface area (Å²) >= 11 is 1.09. The van der Waals surface area contributed by atoms with Gasteiger partial charge in [-0.25, -0.2) is 14.5 Å². The molecule has 0 saturated heterocycles. The molecule has 2 amide bonds. The average Bonchev–Trinajstić information content (AvgIpc) is 3.03. The molecule has 1 rings (SSSR count). The van der Waals surface area contributed by atoms with Crippen molar-refractivity contribution < 1.29 is 38.6 Å². The third kappa shape index (κ3) is 5.34. The third-order valence-electron chi connectivity index (χ3n) is 4.01. The lowest BCUT2D eigenvalue weighted by atomic mass is 9.94. The number of rotatable bonds is 9. The Morgan fingerprint density at radius 3 is 2.21 bits per heavy atom. The number of ketones is 1. The van der Waals surface area contributed by atoms with Gasteiger partial charge in [-0.05, 0) is 20.3 Å². The number of ether oxygens (including phenoxy) is 2. The summed E-state index contributed by atoms with van der Waals surface area (Å²) in [4.78, 5) is 61.6. The van der Waals surface area contributed by atoms with Crippen LogP contribution in [0.5, 0.6) is 0 Å². The van der Waals surface area contributed by atoms with Gasteiger partial charge in [0.25, 0.3) is 5.78 Å². The van der Waals surface area contributed by atoms with Gasteiger partial charge in [0.05, 0.1) is 30.1 Å². The Labute approximate surface area is 167 Å². The van der Waals surface area contributed by atoms with E-state index in [-0.39, 0.29) is 36.7 Å². The molecule has 0 saturated carbocycles. The predicted molar refractivity (Wildman–Crippen MR) is 100 cm³/mol. The first-order valence-electron chi connectivity index (χ1n) is 8.97. The van der Waals surface area contributed by atoms with Crippen LogP contribution in [0.1, 0.15) is 40.5 Å². The van der Waals surface area contributed by atoms with E-state index in [0.29, 0.717) is 11.3 Å². The summed E-state index contributed by atoms with van der Waals surface area (Å²) in [7, 11) is 0. The van der Waals surface area contributed by atoms with Crippen molar-refractivity contribution in [2.75, 3.05) is 19.0 Å². The number of carboxylic acids is 1. The Morgan fingerprint density at radius 2 is 1.75 bits per heavy atom. The van der Waals surface area contributed by atoms with Crippen molar-refractivity contribution in [1.29, 1.82) is 0 Å². The zero-order valence-electron chi connectivity index (χ0n) is 16.4. The molecule has 0 radical (unpaired) electrons. The molecular formula is C18H25NO8S. The molecule has 2 unspecified atom stereocenters. The fourth-order valence-electron chi connectivity index (χ4n) is 2.87. The second-order valence-corrected chi connectivity index (χ2v) is 7.06. The van der Waals surface area contributed by atoms with E-state index < -0.39 is 40.9 Å². The van der Waals surface area contributed by atoms with Gasteiger partial charge in [0.2, 0.25) is 5.91 Å². The maximum Gasteiger partial charge on any atom is 0.420 e. The fourth-order valence-corrected chi connectivity index (χ4v) is 4.38. The highest BCUT2D eigenvalue weighted by molar-refractivity contribution is 8.00. The minimum atomic E-state index is -1.12. The minimum absolute atomic E-state index is 0.0195. The van der Waals surface area contributed by atoms with E-state index >= 15 is 0 Å². The lowest BCUT2D eigenvalue weighted by Gasteiger charge is -2.28. The molecule has 28 heavy (non-hydrogen) atoms. The third-order valence-corrected chi connectivity index (χ3v) is 5.38. The Kier molecular flexibility index (Phi) is 9.17. The standard InChI is InChI=1S/C18H25NO8S/c1-5-8-11(16(22)23)15-13(19(10(4)20)18(25)27-7-3)12(9-28-15)14(21)17(24)26-6-2/h11,15H,5-9H2,1-4H3,(H,22,23). The normalized spacial score (nSPS) is 17.1. The first kappa shape index (κ1) is 23.7. The zero-order chi connectivity index (χ0) is 21.4. The van der Waals surface area contributed by atoms with Crippen molar-refractivity contribution in [3.63, 3.8) is 0 Å². The van der Waals surface area contributed by atoms with Crippen LogP contribution in [0, 0.1) is 5.92 Å². The molecule has 0 fully saturated rings. The van der Waals surface area contributed by atoms with Crippen LogP contribution in [0.4, 0.5) is 4.79 Å². The summed E-state index contributed by atoms with van der Waals surface area (Å²) in [5, 5.41) is 8.77. The zero-order valence-corrected chi connectivity index (χ0v) is 17.2. The Bertz CT molecular complexity index is 687. The predicted octanol–water partition coefficient (Wildman–Crippen LogP) is 1.99. The molecule has 0 spiro atoms. The number of carbonyl (C=O) groups excluding carboxylic acids is 4. The number of aliphatic carboxylic acids is 1. The van der Waals surface area contributed by atoms with Crippen molar-refractivity contribution in [3.8, 4) is 0 Å². The van der Waals surface area contributed by atoms with E-state index in [1.165, 1.54) is 6.92 Å². The molecule has 2 atom stereocenters. The molecule has 0 bridgehead atoms. The molecule has 1 heterocycles. The van der Waals surface area contributed by atoms with Crippen LogP contribution >= 0.6 is 11.8 Å². The van der Waals surface area contributed by atoms with E-state index in [1.807, 2.05) is 0 Å². The van der Waals surface area contributed by atoms with Gasteiger partial charge in [-0.15, -0.1) is 11.8 Å². The van der Waals surface area contributed by atoms with Crippen molar-refractivity contribution in [1.82, 2.24) is 4.90 Å². The monoisotopic (exact) mass is 415 g/mol. The number of Topliss-reactive ketones (excluding diaryl/α,β-unsaturated/α-hetero) is 1. The quantitative estimate of drug-likeness (QED) is 0.444. The number of hydrogen-bond acceptors (Lipinski definition) is 8. The largest absolute Gasteiger partial charge is 0.481 e. The summed E-state index contributed by atoms with van der Waals surface area (Å²) in [5.74, 6) is -4.94. The van der Waals surface area contributed by atoms with E-state index in [0.717, 1.165) is 18.7 Å². The molecule has 0 aliphatic carbocycles. The van der Waals surface area contributed by atoms with Crippen molar-refractivity contribution >= 4 is 41.5 Å². The number of imide groups is 1. The Morgan fingerprint density at radius 1 is 1.14 bits per heavy atom. The summed E-state index contributed by atoms with van der Waals surface area (Å²) in [6.45, 7) is 5.95. The SMILES string of the molecule is CCCC(C(=O)O)C1SCC(C(=O)C(=O)OCC)=C1N(C(C)=O)C(=O)OCC. The van der Waals surface area contributed by atoms with Crippen LogP contribution in [0.2, 0.25) is 0 Å². The van der Waals surface area contributed by atoms with Gasteiger partial charge in [-0.1, -0.05) is 13.3 Å². The molecule has 0 aromatic rings. The fraction of sp³-hybridized carbons (Fsp3) is 0.611. The first-order chi connectivity index (χ1) is 13.2. The minimum Gasteiger partial charge on any atom is -0.481 e. The van der Waals surface area contributed by atoms with Crippen LogP contribution in [0.15, 0.2) is 11.3 Å². The molecule has 1 aliphatic rings. The first-order valence-corrected chi connectivity index (χ1v) is 10.0.